The maximum absolute atomic E-state index is 12.8. The molecular formula is C25H33NO5. The standard InChI is InChI=1S/C25H33NO5/c1-15(2)13-16(3)26-21(27)12-11-18-7-9-19(10-8-18)14-20-17(4)22(28)24(30-5)25(31-6)23(20)29/h7-10,15-16H,11-14H2,1-6H3,(H,26,27). The van der Waals surface area contributed by atoms with E-state index in [0.717, 1.165) is 17.5 Å². The molecule has 6 nitrogen and oxygen atoms in total. The minimum Gasteiger partial charge on any atom is -0.489 e. The minimum absolute atomic E-state index is 0.0508. The monoisotopic (exact) mass is 427 g/mol. The molecule has 0 spiro atoms. The Kier molecular flexibility index (Phi) is 8.60. The highest BCUT2D eigenvalue weighted by atomic mass is 16.5. The smallest absolute Gasteiger partial charge is 0.228 e. The first-order valence-corrected chi connectivity index (χ1v) is 10.7. The number of ketones is 2. The molecule has 1 aliphatic rings. The van der Waals surface area contributed by atoms with Crippen molar-refractivity contribution in [3.05, 3.63) is 58.1 Å². The van der Waals surface area contributed by atoms with Crippen LogP contribution in [0.3, 0.4) is 0 Å². The van der Waals surface area contributed by atoms with Gasteiger partial charge in [-0.2, -0.15) is 0 Å². The second-order valence-corrected chi connectivity index (χ2v) is 8.42. The van der Waals surface area contributed by atoms with Crippen LogP contribution >= 0.6 is 0 Å². The van der Waals surface area contributed by atoms with Gasteiger partial charge in [0.2, 0.25) is 29.0 Å². The first-order valence-electron chi connectivity index (χ1n) is 10.7. The van der Waals surface area contributed by atoms with Gasteiger partial charge in [0.25, 0.3) is 0 Å². The quantitative estimate of drug-likeness (QED) is 0.576. The predicted molar refractivity (Wildman–Crippen MR) is 119 cm³/mol. The molecule has 0 aliphatic heterocycles. The van der Waals surface area contributed by atoms with Crippen molar-refractivity contribution in [1.29, 1.82) is 0 Å². The summed E-state index contributed by atoms with van der Waals surface area (Å²) in [5.41, 5.74) is 2.74. The van der Waals surface area contributed by atoms with Crippen LogP contribution in [0.25, 0.3) is 0 Å². The summed E-state index contributed by atoms with van der Waals surface area (Å²) in [7, 11) is 2.70. The van der Waals surface area contributed by atoms with Crippen molar-refractivity contribution in [2.45, 2.75) is 59.4 Å². The molecule has 1 N–H and O–H groups in total. The Hall–Kier alpha value is -2.89. The third-order valence-corrected chi connectivity index (χ3v) is 5.37. The zero-order chi connectivity index (χ0) is 23.1. The lowest BCUT2D eigenvalue weighted by atomic mass is 9.88. The van der Waals surface area contributed by atoms with Gasteiger partial charge in [0, 0.05) is 30.0 Å². The topological polar surface area (TPSA) is 81.7 Å². The fourth-order valence-corrected chi connectivity index (χ4v) is 3.80. The van der Waals surface area contributed by atoms with Gasteiger partial charge in [0.1, 0.15) is 0 Å². The van der Waals surface area contributed by atoms with E-state index >= 15 is 0 Å². The number of rotatable bonds is 10. The van der Waals surface area contributed by atoms with Gasteiger partial charge in [0.15, 0.2) is 0 Å². The average molecular weight is 428 g/mol. The fraction of sp³-hybridized carbons (Fsp3) is 0.480. The largest absolute Gasteiger partial charge is 0.489 e. The van der Waals surface area contributed by atoms with Gasteiger partial charge in [-0.3, -0.25) is 14.4 Å². The molecule has 2 rings (SSSR count). The molecule has 168 valence electrons. The lowest BCUT2D eigenvalue weighted by Crippen LogP contribution is -2.33. The van der Waals surface area contributed by atoms with Crippen molar-refractivity contribution < 1.29 is 23.9 Å². The molecule has 1 aromatic carbocycles. The maximum atomic E-state index is 12.8. The van der Waals surface area contributed by atoms with Crippen LogP contribution in [0, 0.1) is 5.92 Å². The highest BCUT2D eigenvalue weighted by molar-refractivity contribution is 6.23. The van der Waals surface area contributed by atoms with E-state index in [0.29, 0.717) is 36.3 Å². The molecule has 1 atom stereocenters. The molecule has 31 heavy (non-hydrogen) atoms. The number of Topliss-reactive ketones (excluding diaryl/α,β-unsaturated/α-hetero) is 2. The van der Waals surface area contributed by atoms with Crippen LogP contribution in [-0.2, 0) is 36.7 Å². The van der Waals surface area contributed by atoms with E-state index in [2.05, 4.69) is 19.2 Å². The highest BCUT2D eigenvalue weighted by Crippen LogP contribution is 2.28. The first kappa shape index (κ1) is 24.4. The van der Waals surface area contributed by atoms with Crippen molar-refractivity contribution in [3.63, 3.8) is 0 Å². The number of allylic oxidation sites excluding steroid dienone is 2. The van der Waals surface area contributed by atoms with Crippen LogP contribution in [0.4, 0.5) is 0 Å². The van der Waals surface area contributed by atoms with Gasteiger partial charge in [-0.15, -0.1) is 0 Å². The molecular weight excluding hydrogens is 394 g/mol. The second kappa shape index (κ2) is 10.9. The van der Waals surface area contributed by atoms with Crippen molar-refractivity contribution >= 4 is 17.5 Å². The molecule has 0 heterocycles. The number of hydrogen-bond donors (Lipinski definition) is 1. The van der Waals surface area contributed by atoms with E-state index in [4.69, 9.17) is 9.47 Å². The lowest BCUT2D eigenvalue weighted by Gasteiger charge is -2.20. The number of benzene rings is 1. The van der Waals surface area contributed by atoms with E-state index < -0.39 is 0 Å². The Morgan fingerprint density at radius 3 is 2.03 bits per heavy atom. The number of ether oxygens (including phenoxy) is 2. The van der Waals surface area contributed by atoms with Gasteiger partial charge in [0.05, 0.1) is 14.2 Å². The maximum Gasteiger partial charge on any atom is 0.228 e. The zero-order valence-electron chi connectivity index (χ0n) is 19.3. The molecule has 1 aliphatic carbocycles. The average Bonchev–Trinajstić information content (AvgIpc) is 2.72. The van der Waals surface area contributed by atoms with E-state index in [1.807, 2.05) is 31.2 Å². The zero-order valence-corrected chi connectivity index (χ0v) is 19.3. The van der Waals surface area contributed by atoms with Crippen LogP contribution in [0.2, 0.25) is 0 Å². The molecule has 0 saturated carbocycles. The summed E-state index contributed by atoms with van der Waals surface area (Å²) in [6.07, 6.45) is 2.37. The van der Waals surface area contributed by atoms with Gasteiger partial charge in [-0.1, -0.05) is 38.1 Å². The molecule has 1 unspecified atom stereocenters. The van der Waals surface area contributed by atoms with Crippen LogP contribution in [0.5, 0.6) is 0 Å². The summed E-state index contributed by atoms with van der Waals surface area (Å²) >= 11 is 0. The number of aryl methyl sites for hydroxylation is 1. The van der Waals surface area contributed by atoms with E-state index in [1.165, 1.54) is 14.2 Å². The van der Waals surface area contributed by atoms with E-state index in [9.17, 15) is 14.4 Å². The molecule has 0 radical (unpaired) electrons. The SMILES string of the molecule is COC1=C(OC)C(=O)C(Cc2ccc(CCC(=O)NC(C)CC(C)C)cc2)=C(C)C1=O. The highest BCUT2D eigenvalue weighted by Gasteiger charge is 2.34. The normalized spacial score (nSPS) is 15.5. The summed E-state index contributed by atoms with van der Waals surface area (Å²) in [4.78, 5) is 37.4. The summed E-state index contributed by atoms with van der Waals surface area (Å²) in [5.74, 6) is -0.162. The van der Waals surface area contributed by atoms with Gasteiger partial charge < -0.3 is 14.8 Å². The predicted octanol–water partition coefficient (Wildman–Crippen LogP) is 3.69. The molecule has 0 aromatic heterocycles. The molecule has 1 aromatic rings. The van der Waals surface area contributed by atoms with Crippen LogP contribution in [-0.4, -0.2) is 37.7 Å². The molecule has 0 fully saturated rings. The first-order chi connectivity index (χ1) is 14.7. The van der Waals surface area contributed by atoms with E-state index in [-0.39, 0.29) is 35.0 Å². The molecule has 0 bridgehead atoms. The summed E-state index contributed by atoms with van der Waals surface area (Å²) < 4.78 is 10.2. The third-order valence-electron chi connectivity index (χ3n) is 5.37. The lowest BCUT2D eigenvalue weighted by molar-refractivity contribution is -0.121. The minimum atomic E-state index is -0.330. The van der Waals surface area contributed by atoms with Gasteiger partial charge >= 0.3 is 0 Å². The summed E-state index contributed by atoms with van der Waals surface area (Å²) in [6.45, 7) is 7.94. The summed E-state index contributed by atoms with van der Waals surface area (Å²) in [5, 5.41) is 3.04. The number of carbonyl (C=O) groups excluding carboxylic acids is 3. The number of methoxy groups -OCH3 is 2. The van der Waals surface area contributed by atoms with Crippen molar-refractivity contribution in [2.24, 2.45) is 5.92 Å². The Morgan fingerprint density at radius 1 is 0.935 bits per heavy atom. The fourth-order valence-electron chi connectivity index (χ4n) is 3.80. The van der Waals surface area contributed by atoms with Gasteiger partial charge in [-0.25, -0.2) is 0 Å². The number of carbonyl (C=O) groups is 3. The molecule has 0 saturated heterocycles. The van der Waals surface area contributed by atoms with E-state index in [1.54, 1.807) is 6.92 Å². The third kappa shape index (κ3) is 6.29. The Bertz CT molecular complexity index is 893. The molecule has 6 heteroatoms. The Balaban J connectivity index is 2.00. The number of hydrogen-bond acceptors (Lipinski definition) is 5. The van der Waals surface area contributed by atoms with Gasteiger partial charge in [-0.05, 0) is 43.7 Å². The van der Waals surface area contributed by atoms with Crippen molar-refractivity contribution in [2.75, 3.05) is 14.2 Å². The molecule has 1 amide bonds. The van der Waals surface area contributed by atoms with Crippen molar-refractivity contribution in [1.82, 2.24) is 5.32 Å². The van der Waals surface area contributed by atoms with Crippen LogP contribution in [0.15, 0.2) is 46.9 Å². The van der Waals surface area contributed by atoms with Crippen molar-refractivity contribution in [3.8, 4) is 0 Å². The van der Waals surface area contributed by atoms with Crippen LogP contribution in [0.1, 0.15) is 51.7 Å². The second-order valence-electron chi connectivity index (χ2n) is 8.42. The Morgan fingerprint density at radius 2 is 1.48 bits per heavy atom. The van der Waals surface area contributed by atoms with Crippen LogP contribution < -0.4 is 5.32 Å². The summed E-state index contributed by atoms with van der Waals surface area (Å²) in [6, 6.07) is 7.94. The number of amides is 1. The Labute approximate surface area is 184 Å². The number of nitrogens with one attached hydrogen (secondary N) is 1.